The van der Waals surface area contributed by atoms with Crippen molar-refractivity contribution in [3.63, 3.8) is 0 Å². The van der Waals surface area contributed by atoms with Gasteiger partial charge in [-0.2, -0.15) is 9.59 Å². The van der Waals surface area contributed by atoms with Gasteiger partial charge in [-0.1, -0.05) is 42.5 Å². The van der Waals surface area contributed by atoms with Crippen LogP contribution in [0.5, 0.6) is 17.2 Å². The third-order valence-electron chi connectivity index (χ3n) is 5.00. The molecule has 0 aliphatic heterocycles. The Bertz CT molecular complexity index is 1340. The molecular formula is C27H22O5S. The Morgan fingerprint density at radius 3 is 2.24 bits per heavy atom. The molecule has 166 valence electrons. The van der Waals surface area contributed by atoms with Gasteiger partial charge in [0.05, 0.1) is 0 Å². The van der Waals surface area contributed by atoms with Crippen LogP contribution < -0.4 is 4.74 Å². The van der Waals surface area contributed by atoms with Gasteiger partial charge < -0.3 is 9.84 Å². The highest BCUT2D eigenvalue weighted by Crippen LogP contribution is 2.43. The Morgan fingerprint density at radius 2 is 1.64 bits per heavy atom. The Balaban J connectivity index is 0.000000968. The maximum absolute atomic E-state index is 13.6. The maximum atomic E-state index is 13.6. The van der Waals surface area contributed by atoms with Crippen molar-refractivity contribution in [3.05, 3.63) is 93.9 Å². The molecular weight excluding hydrogens is 436 g/mol. The second-order valence-corrected chi connectivity index (χ2v) is 8.34. The Kier molecular flexibility index (Phi) is 7.57. The Hall–Kier alpha value is -3.99. The molecule has 6 heteroatoms. The number of thiophene rings is 1. The molecule has 1 heterocycles. The molecule has 4 rings (SSSR count). The SMILES string of the molecule is C/C=C/c1ccc(Oc2c(C(=O)c3c(C)cccc3C)sc3cc(O)ccc23)cc1.O=C=O. The average Bonchev–Trinajstić information content (AvgIpc) is 3.13. The largest absolute Gasteiger partial charge is 0.508 e. The minimum atomic E-state index is -0.0631. The lowest BCUT2D eigenvalue weighted by atomic mass is 9.98. The van der Waals surface area contributed by atoms with E-state index < -0.39 is 0 Å². The summed E-state index contributed by atoms with van der Waals surface area (Å²) in [5.41, 5.74) is 3.64. The van der Waals surface area contributed by atoms with Crippen LogP contribution in [0.15, 0.2) is 66.7 Å². The average molecular weight is 459 g/mol. The lowest BCUT2D eigenvalue weighted by molar-refractivity contribution is -0.191. The van der Waals surface area contributed by atoms with Gasteiger partial charge in [0.1, 0.15) is 16.4 Å². The fourth-order valence-electron chi connectivity index (χ4n) is 3.56. The van der Waals surface area contributed by atoms with Gasteiger partial charge in [-0.25, -0.2) is 0 Å². The summed E-state index contributed by atoms with van der Waals surface area (Å²) in [7, 11) is 0. The third-order valence-corrected chi connectivity index (χ3v) is 6.13. The van der Waals surface area contributed by atoms with Crippen LogP contribution in [-0.2, 0) is 9.59 Å². The molecule has 0 amide bonds. The molecule has 0 saturated carbocycles. The summed E-state index contributed by atoms with van der Waals surface area (Å²) < 4.78 is 7.05. The predicted octanol–water partition coefficient (Wildman–Crippen LogP) is 6.70. The van der Waals surface area contributed by atoms with E-state index in [1.807, 2.05) is 75.4 Å². The van der Waals surface area contributed by atoms with Crippen LogP contribution in [0.3, 0.4) is 0 Å². The van der Waals surface area contributed by atoms with E-state index in [0.29, 0.717) is 21.9 Å². The van der Waals surface area contributed by atoms with Crippen molar-refractivity contribution in [2.24, 2.45) is 0 Å². The zero-order valence-corrected chi connectivity index (χ0v) is 19.2. The number of carbonyl (C=O) groups excluding carboxylic acids is 3. The first-order valence-corrected chi connectivity index (χ1v) is 11.0. The molecule has 4 aromatic rings. The molecule has 0 aliphatic carbocycles. The van der Waals surface area contributed by atoms with Gasteiger partial charge in [0.25, 0.3) is 0 Å². The van der Waals surface area contributed by atoms with Crippen molar-refractivity contribution < 1.29 is 24.2 Å². The minimum absolute atomic E-state index is 0.0631. The fraction of sp³-hybridized carbons (Fsp3) is 0.111. The zero-order valence-electron chi connectivity index (χ0n) is 18.4. The Labute approximate surface area is 195 Å². The smallest absolute Gasteiger partial charge is 0.373 e. The van der Waals surface area contributed by atoms with Crippen LogP contribution >= 0.6 is 11.3 Å². The van der Waals surface area contributed by atoms with E-state index in [1.165, 1.54) is 11.3 Å². The fourth-order valence-corrected chi connectivity index (χ4v) is 4.67. The summed E-state index contributed by atoms with van der Waals surface area (Å²) in [5.74, 6) is 1.29. The molecule has 33 heavy (non-hydrogen) atoms. The van der Waals surface area contributed by atoms with E-state index in [9.17, 15) is 9.90 Å². The molecule has 0 fully saturated rings. The van der Waals surface area contributed by atoms with E-state index in [-0.39, 0.29) is 17.7 Å². The molecule has 0 saturated heterocycles. The van der Waals surface area contributed by atoms with Crippen LogP contribution in [0.25, 0.3) is 16.2 Å². The molecule has 0 aliphatic rings. The van der Waals surface area contributed by atoms with E-state index in [0.717, 1.165) is 26.8 Å². The number of allylic oxidation sites excluding steroid dienone is 1. The summed E-state index contributed by atoms with van der Waals surface area (Å²) in [6, 6.07) is 18.7. The van der Waals surface area contributed by atoms with Crippen LogP contribution in [0, 0.1) is 13.8 Å². The highest BCUT2D eigenvalue weighted by molar-refractivity contribution is 7.21. The number of carbonyl (C=O) groups is 1. The zero-order chi connectivity index (χ0) is 24.0. The first-order valence-electron chi connectivity index (χ1n) is 10.2. The van der Waals surface area contributed by atoms with Gasteiger partial charge in [0.2, 0.25) is 5.78 Å². The number of phenols is 1. The molecule has 1 N–H and O–H groups in total. The number of aryl methyl sites for hydroxylation is 2. The third kappa shape index (κ3) is 5.26. The number of ether oxygens (including phenoxy) is 1. The van der Waals surface area contributed by atoms with Crippen molar-refractivity contribution >= 4 is 39.4 Å². The molecule has 3 aromatic carbocycles. The number of rotatable bonds is 5. The lowest BCUT2D eigenvalue weighted by Gasteiger charge is -2.11. The van der Waals surface area contributed by atoms with E-state index >= 15 is 0 Å². The van der Waals surface area contributed by atoms with E-state index in [1.54, 1.807) is 18.2 Å². The van der Waals surface area contributed by atoms with Crippen molar-refractivity contribution in [1.82, 2.24) is 0 Å². The lowest BCUT2D eigenvalue weighted by Crippen LogP contribution is -2.05. The molecule has 5 nitrogen and oxygen atoms in total. The first-order chi connectivity index (χ1) is 15.9. The summed E-state index contributed by atoms with van der Waals surface area (Å²) in [6.07, 6.45) is 4.25. The highest BCUT2D eigenvalue weighted by atomic mass is 32.1. The highest BCUT2D eigenvalue weighted by Gasteiger charge is 2.24. The number of fused-ring (bicyclic) bond motifs is 1. The molecule has 0 bridgehead atoms. The van der Waals surface area contributed by atoms with Crippen LogP contribution in [-0.4, -0.2) is 17.0 Å². The van der Waals surface area contributed by atoms with Gasteiger partial charge in [-0.15, -0.1) is 11.3 Å². The first kappa shape index (κ1) is 23.7. The molecule has 0 unspecified atom stereocenters. The topological polar surface area (TPSA) is 80.7 Å². The summed E-state index contributed by atoms with van der Waals surface area (Å²) in [4.78, 5) is 30.3. The maximum Gasteiger partial charge on any atom is 0.373 e. The summed E-state index contributed by atoms with van der Waals surface area (Å²) in [5, 5.41) is 10.7. The van der Waals surface area contributed by atoms with E-state index in [4.69, 9.17) is 14.3 Å². The van der Waals surface area contributed by atoms with Gasteiger partial charge in [-0.3, -0.25) is 4.79 Å². The Morgan fingerprint density at radius 1 is 1.00 bits per heavy atom. The second-order valence-electron chi connectivity index (χ2n) is 7.29. The number of benzene rings is 3. The van der Waals surface area contributed by atoms with E-state index in [2.05, 4.69) is 0 Å². The molecule has 0 atom stereocenters. The number of ketones is 1. The van der Waals surface area contributed by atoms with Gasteiger partial charge in [-0.05, 0) is 67.8 Å². The number of aromatic hydroxyl groups is 1. The normalized spacial score (nSPS) is 10.5. The van der Waals surface area contributed by atoms with Crippen LogP contribution in [0.4, 0.5) is 0 Å². The number of hydrogen-bond donors (Lipinski definition) is 1. The van der Waals surface area contributed by atoms with Crippen molar-refractivity contribution in [2.45, 2.75) is 20.8 Å². The van der Waals surface area contributed by atoms with Gasteiger partial charge in [0.15, 0.2) is 5.75 Å². The van der Waals surface area contributed by atoms with Crippen LogP contribution in [0.2, 0.25) is 0 Å². The van der Waals surface area contributed by atoms with Crippen LogP contribution in [0.1, 0.15) is 38.8 Å². The number of hydrogen-bond acceptors (Lipinski definition) is 6. The minimum Gasteiger partial charge on any atom is -0.508 e. The van der Waals surface area contributed by atoms with Crippen molar-refractivity contribution in [2.75, 3.05) is 0 Å². The van der Waals surface area contributed by atoms with Gasteiger partial charge >= 0.3 is 6.15 Å². The monoisotopic (exact) mass is 458 g/mol. The van der Waals surface area contributed by atoms with Crippen molar-refractivity contribution in [3.8, 4) is 17.2 Å². The standard InChI is InChI=1S/C26H22O3S.CO2/c1-4-6-18-9-12-20(13-10-18)29-25-21-14-11-19(27)15-22(21)30-26(25)24(28)23-16(2)7-5-8-17(23)3;2-1-3/h4-15,27H,1-3H3;/b6-4+;. The molecule has 0 spiro atoms. The summed E-state index contributed by atoms with van der Waals surface area (Å²) in [6.45, 7) is 5.86. The van der Waals surface area contributed by atoms with Gasteiger partial charge in [0, 0.05) is 15.6 Å². The molecule has 1 aromatic heterocycles. The quantitative estimate of drug-likeness (QED) is 0.337. The predicted molar refractivity (Wildman–Crippen MR) is 129 cm³/mol. The molecule has 0 radical (unpaired) electrons. The second kappa shape index (κ2) is 10.6. The summed E-state index contributed by atoms with van der Waals surface area (Å²) >= 11 is 1.34. The van der Waals surface area contributed by atoms with Crippen molar-refractivity contribution in [1.29, 1.82) is 0 Å². The number of phenolic OH excluding ortho intramolecular Hbond substituents is 1.